The number of benzene rings is 3. The number of amides is 1. The molecular formula is C21H19NO3. The number of nitrogens with one attached hydrogen (secondary N) is 1. The molecule has 0 spiro atoms. The van der Waals surface area contributed by atoms with Gasteiger partial charge in [-0.1, -0.05) is 48.5 Å². The Hall–Kier alpha value is -3.27. The molecule has 4 nitrogen and oxygen atoms in total. The maximum atomic E-state index is 12.5. The average molecular weight is 333 g/mol. The van der Waals surface area contributed by atoms with E-state index in [0.29, 0.717) is 24.5 Å². The van der Waals surface area contributed by atoms with Crippen LogP contribution in [0, 0.1) is 0 Å². The molecule has 0 fully saturated rings. The summed E-state index contributed by atoms with van der Waals surface area (Å²) < 4.78 is 11.3. The topological polar surface area (TPSA) is 47.6 Å². The van der Waals surface area contributed by atoms with Gasteiger partial charge in [-0.25, -0.2) is 0 Å². The first-order chi connectivity index (χ1) is 12.3. The van der Waals surface area contributed by atoms with Gasteiger partial charge in [-0.2, -0.15) is 0 Å². The highest BCUT2D eigenvalue weighted by atomic mass is 16.5. The lowest BCUT2D eigenvalue weighted by molar-refractivity contribution is 0.102. The number of hydrogen-bond acceptors (Lipinski definition) is 3. The van der Waals surface area contributed by atoms with Crippen LogP contribution < -0.4 is 14.8 Å². The Labute approximate surface area is 147 Å². The fourth-order valence-electron chi connectivity index (χ4n) is 2.33. The lowest BCUT2D eigenvalue weighted by atomic mass is 10.2. The van der Waals surface area contributed by atoms with Gasteiger partial charge in [0.1, 0.15) is 24.7 Å². The molecule has 0 unspecified atom stereocenters. The number of rotatable bonds is 7. The summed E-state index contributed by atoms with van der Waals surface area (Å²) in [5, 5.41) is 2.86. The average Bonchev–Trinajstić information content (AvgIpc) is 2.67. The minimum absolute atomic E-state index is 0.203. The Morgan fingerprint density at radius 1 is 0.720 bits per heavy atom. The molecule has 3 aromatic rings. The Balaban J connectivity index is 1.58. The minimum Gasteiger partial charge on any atom is -0.490 e. The van der Waals surface area contributed by atoms with Crippen molar-refractivity contribution in [1.82, 2.24) is 0 Å². The molecule has 0 saturated heterocycles. The molecule has 0 atom stereocenters. The van der Waals surface area contributed by atoms with E-state index in [9.17, 15) is 4.79 Å². The van der Waals surface area contributed by atoms with Crippen molar-refractivity contribution in [2.45, 2.75) is 0 Å². The van der Waals surface area contributed by atoms with Gasteiger partial charge >= 0.3 is 0 Å². The zero-order valence-corrected chi connectivity index (χ0v) is 13.7. The van der Waals surface area contributed by atoms with Crippen LogP contribution in [-0.2, 0) is 0 Å². The molecule has 3 rings (SSSR count). The van der Waals surface area contributed by atoms with E-state index >= 15 is 0 Å². The molecule has 4 heteroatoms. The summed E-state index contributed by atoms with van der Waals surface area (Å²) >= 11 is 0. The monoisotopic (exact) mass is 333 g/mol. The Bertz CT molecular complexity index is 804. The van der Waals surface area contributed by atoms with Crippen LogP contribution in [0.25, 0.3) is 0 Å². The van der Waals surface area contributed by atoms with Crippen molar-refractivity contribution in [3.63, 3.8) is 0 Å². The fourth-order valence-corrected chi connectivity index (χ4v) is 2.33. The molecule has 0 aromatic heterocycles. The highest BCUT2D eigenvalue weighted by Crippen LogP contribution is 2.20. The third kappa shape index (κ3) is 4.85. The predicted octanol–water partition coefficient (Wildman–Crippen LogP) is 4.40. The molecule has 0 aliphatic heterocycles. The third-order valence-electron chi connectivity index (χ3n) is 3.52. The summed E-state index contributed by atoms with van der Waals surface area (Å²) in [5.74, 6) is 1.12. The van der Waals surface area contributed by atoms with Crippen LogP contribution in [0.1, 0.15) is 10.4 Å². The summed E-state index contributed by atoms with van der Waals surface area (Å²) in [6, 6.07) is 26.1. The number of carbonyl (C=O) groups is 1. The van der Waals surface area contributed by atoms with Gasteiger partial charge in [-0.05, 0) is 36.4 Å². The molecule has 1 N–H and O–H groups in total. The van der Waals surface area contributed by atoms with E-state index in [1.807, 2.05) is 72.8 Å². The SMILES string of the molecule is O=C(Nc1ccccc1)c1ccccc1OCCOc1ccccc1. The molecule has 0 heterocycles. The van der Waals surface area contributed by atoms with Crippen molar-refractivity contribution < 1.29 is 14.3 Å². The van der Waals surface area contributed by atoms with Gasteiger partial charge in [-0.15, -0.1) is 0 Å². The van der Waals surface area contributed by atoms with Crippen LogP contribution in [0.15, 0.2) is 84.9 Å². The molecular weight excluding hydrogens is 314 g/mol. The van der Waals surface area contributed by atoms with Crippen LogP contribution in [0.3, 0.4) is 0 Å². The summed E-state index contributed by atoms with van der Waals surface area (Å²) in [4.78, 5) is 12.5. The zero-order chi connectivity index (χ0) is 17.3. The van der Waals surface area contributed by atoms with Gasteiger partial charge < -0.3 is 14.8 Å². The van der Waals surface area contributed by atoms with E-state index in [2.05, 4.69) is 5.32 Å². The zero-order valence-electron chi connectivity index (χ0n) is 13.7. The molecule has 0 bridgehead atoms. The standard InChI is InChI=1S/C21H19NO3/c23-21(22-17-9-3-1-4-10-17)19-13-7-8-14-20(19)25-16-15-24-18-11-5-2-6-12-18/h1-14H,15-16H2,(H,22,23). The summed E-state index contributed by atoms with van der Waals surface area (Å²) in [7, 11) is 0. The van der Waals surface area contributed by atoms with Gasteiger partial charge in [0.2, 0.25) is 0 Å². The van der Waals surface area contributed by atoms with Crippen molar-refractivity contribution in [2.24, 2.45) is 0 Å². The van der Waals surface area contributed by atoms with Crippen molar-refractivity contribution in [3.8, 4) is 11.5 Å². The molecule has 0 saturated carbocycles. The fraction of sp³-hybridized carbons (Fsp3) is 0.0952. The van der Waals surface area contributed by atoms with E-state index in [1.165, 1.54) is 0 Å². The van der Waals surface area contributed by atoms with E-state index in [-0.39, 0.29) is 5.91 Å². The minimum atomic E-state index is -0.203. The van der Waals surface area contributed by atoms with Crippen molar-refractivity contribution in [3.05, 3.63) is 90.5 Å². The molecule has 0 aliphatic carbocycles. The third-order valence-corrected chi connectivity index (χ3v) is 3.52. The van der Waals surface area contributed by atoms with Crippen LogP contribution in [0.4, 0.5) is 5.69 Å². The quantitative estimate of drug-likeness (QED) is 0.652. The van der Waals surface area contributed by atoms with Crippen LogP contribution in [-0.4, -0.2) is 19.1 Å². The van der Waals surface area contributed by atoms with E-state index in [1.54, 1.807) is 12.1 Å². The molecule has 25 heavy (non-hydrogen) atoms. The van der Waals surface area contributed by atoms with E-state index < -0.39 is 0 Å². The molecule has 3 aromatic carbocycles. The van der Waals surface area contributed by atoms with Gasteiger partial charge in [0.25, 0.3) is 5.91 Å². The van der Waals surface area contributed by atoms with Crippen molar-refractivity contribution in [1.29, 1.82) is 0 Å². The van der Waals surface area contributed by atoms with Crippen LogP contribution in [0.2, 0.25) is 0 Å². The lowest BCUT2D eigenvalue weighted by Crippen LogP contribution is -2.15. The summed E-state index contributed by atoms with van der Waals surface area (Å²) in [5.41, 5.74) is 1.24. The number of hydrogen-bond donors (Lipinski definition) is 1. The normalized spacial score (nSPS) is 10.1. The first kappa shape index (κ1) is 16.6. The number of carbonyl (C=O) groups excluding carboxylic acids is 1. The molecule has 1 amide bonds. The predicted molar refractivity (Wildman–Crippen MR) is 98.3 cm³/mol. The second-order valence-electron chi connectivity index (χ2n) is 5.33. The largest absolute Gasteiger partial charge is 0.490 e. The highest BCUT2D eigenvalue weighted by molar-refractivity contribution is 6.06. The van der Waals surface area contributed by atoms with E-state index in [0.717, 1.165) is 11.4 Å². The van der Waals surface area contributed by atoms with Crippen LogP contribution >= 0.6 is 0 Å². The van der Waals surface area contributed by atoms with Gasteiger partial charge in [0.15, 0.2) is 0 Å². The second-order valence-corrected chi connectivity index (χ2v) is 5.33. The molecule has 126 valence electrons. The highest BCUT2D eigenvalue weighted by Gasteiger charge is 2.12. The summed E-state index contributed by atoms with van der Waals surface area (Å²) in [6.07, 6.45) is 0. The van der Waals surface area contributed by atoms with Gasteiger partial charge in [0.05, 0.1) is 5.56 Å². The Morgan fingerprint density at radius 2 is 1.32 bits per heavy atom. The maximum absolute atomic E-state index is 12.5. The van der Waals surface area contributed by atoms with Gasteiger partial charge in [0, 0.05) is 5.69 Å². The number of anilines is 1. The van der Waals surface area contributed by atoms with E-state index in [4.69, 9.17) is 9.47 Å². The lowest BCUT2D eigenvalue weighted by Gasteiger charge is -2.12. The maximum Gasteiger partial charge on any atom is 0.259 e. The number of para-hydroxylation sites is 3. The second kappa shape index (κ2) is 8.55. The molecule has 0 radical (unpaired) electrons. The van der Waals surface area contributed by atoms with Crippen molar-refractivity contribution >= 4 is 11.6 Å². The summed E-state index contributed by atoms with van der Waals surface area (Å²) in [6.45, 7) is 0.753. The van der Waals surface area contributed by atoms with Crippen molar-refractivity contribution in [2.75, 3.05) is 18.5 Å². The van der Waals surface area contributed by atoms with Gasteiger partial charge in [-0.3, -0.25) is 4.79 Å². The van der Waals surface area contributed by atoms with Crippen LogP contribution in [0.5, 0.6) is 11.5 Å². The first-order valence-electron chi connectivity index (χ1n) is 8.09. The smallest absolute Gasteiger partial charge is 0.259 e. The number of ether oxygens (including phenoxy) is 2. The Kier molecular flexibility index (Phi) is 5.67. The molecule has 0 aliphatic rings. The first-order valence-corrected chi connectivity index (χ1v) is 8.09. The Morgan fingerprint density at radius 3 is 2.08 bits per heavy atom.